The minimum Gasteiger partial charge on any atom is -0.481 e. The third-order valence-electron chi connectivity index (χ3n) is 3.31. The monoisotopic (exact) mass is 336 g/mol. The number of rotatable bonds is 4. The molecule has 0 aliphatic heterocycles. The van der Waals surface area contributed by atoms with E-state index < -0.39 is 23.6 Å². The van der Waals surface area contributed by atoms with E-state index >= 15 is 0 Å². The summed E-state index contributed by atoms with van der Waals surface area (Å²) in [6, 6.07) is 3.86. The maximum Gasteiger partial charge on any atom is 0.416 e. The van der Waals surface area contributed by atoms with Gasteiger partial charge in [-0.1, -0.05) is 22.0 Å². The van der Waals surface area contributed by atoms with E-state index in [0.717, 1.165) is 18.9 Å². The Morgan fingerprint density at radius 2 is 2.05 bits per heavy atom. The highest BCUT2D eigenvalue weighted by Gasteiger charge is 2.41. The number of carbonyl (C=O) groups is 1. The largest absolute Gasteiger partial charge is 0.481 e. The molecule has 0 spiro atoms. The molecule has 1 aromatic rings. The van der Waals surface area contributed by atoms with Crippen LogP contribution in [0, 0.1) is 5.92 Å². The number of benzene rings is 1. The van der Waals surface area contributed by atoms with Gasteiger partial charge in [-0.05, 0) is 42.4 Å². The smallest absolute Gasteiger partial charge is 0.416 e. The Bertz CT molecular complexity index is 495. The average Bonchev–Trinajstić information content (AvgIpc) is 3.08. The van der Waals surface area contributed by atoms with Crippen LogP contribution >= 0.6 is 15.9 Å². The van der Waals surface area contributed by atoms with E-state index in [-0.39, 0.29) is 17.9 Å². The highest BCUT2D eigenvalue weighted by atomic mass is 79.9. The van der Waals surface area contributed by atoms with E-state index in [4.69, 9.17) is 5.11 Å². The number of hydrogen-bond acceptors (Lipinski definition) is 1. The lowest BCUT2D eigenvalue weighted by Gasteiger charge is -2.21. The minimum absolute atomic E-state index is 0.0379. The predicted octanol–water partition coefficient (Wildman–Crippen LogP) is 4.44. The third-order valence-corrected chi connectivity index (χ3v) is 4.01. The summed E-state index contributed by atoms with van der Waals surface area (Å²) in [4.78, 5) is 10.9. The van der Waals surface area contributed by atoms with E-state index in [1.54, 1.807) is 0 Å². The molecule has 104 valence electrons. The molecule has 19 heavy (non-hydrogen) atoms. The molecule has 1 aliphatic rings. The van der Waals surface area contributed by atoms with Gasteiger partial charge in [-0.15, -0.1) is 0 Å². The Balaban J connectivity index is 2.48. The van der Waals surface area contributed by atoms with Gasteiger partial charge in [0.25, 0.3) is 0 Å². The molecule has 1 fully saturated rings. The lowest BCUT2D eigenvalue weighted by molar-refractivity contribution is -0.140. The summed E-state index contributed by atoms with van der Waals surface area (Å²) in [5, 5.41) is 8.91. The standard InChI is InChI=1S/C13H12BrF3O2/c14-10-3-1-2-9(13(15,16)17)12(10)8(6-11(18)19)7-4-5-7/h1-3,7-8H,4-6H2,(H,18,19). The van der Waals surface area contributed by atoms with Crippen molar-refractivity contribution in [2.75, 3.05) is 0 Å². The summed E-state index contributed by atoms with van der Waals surface area (Å²) >= 11 is 3.13. The Kier molecular flexibility index (Phi) is 3.90. The molecule has 0 amide bonds. The number of aliphatic carboxylic acids is 1. The van der Waals surface area contributed by atoms with Crippen molar-refractivity contribution in [1.82, 2.24) is 0 Å². The molecule has 0 saturated heterocycles. The number of halogens is 4. The van der Waals surface area contributed by atoms with Gasteiger partial charge in [0, 0.05) is 4.47 Å². The first-order valence-corrected chi connectivity index (χ1v) is 6.67. The molecule has 1 N–H and O–H groups in total. The van der Waals surface area contributed by atoms with Crippen LogP contribution in [0.15, 0.2) is 22.7 Å². The fourth-order valence-corrected chi connectivity index (χ4v) is 3.01. The Morgan fingerprint density at radius 1 is 1.42 bits per heavy atom. The van der Waals surface area contributed by atoms with Gasteiger partial charge in [-0.25, -0.2) is 0 Å². The second-order valence-corrected chi connectivity index (χ2v) is 5.59. The van der Waals surface area contributed by atoms with Crippen molar-refractivity contribution in [3.8, 4) is 0 Å². The molecule has 0 heterocycles. The van der Waals surface area contributed by atoms with E-state index in [1.165, 1.54) is 12.1 Å². The molecule has 1 atom stereocenters. The normalized spacial score (nSPS) is 17.3. The van der Waals surface area contributed by atoms with Gasteiger partial charge < -0.3 is 5.11 Å². The number of hydrogen-bond donors (Lipinski definition) is 1. The molecule has 0 bridgehead atoms. The first-order chi connectivity index (χ1) is 8.80. The molecule has 1 unspecified atom stereocenters. The van der Waals surface area contributed by atoms with Crippen molar-refractivity contribution in [2.45, 2.75) is 31.4 Å². The van der Waals surface area contributed by atoms with Crippen LogP contribution in [-0.4, -0.2) is 11.1 Å². The van der Waals surface area contributed by atoms with Crippen molar-refractivity contribution in [3.63, 3.8) is 0 Å². The number of carboxylic acid groups (broad SMARTS) is 1. The van der Waals surface area contributed by atoms with Crippen molar-refractivity contribution >= 4 is 21.9 Å². The van der Waals surface area contributed by atoms with Gasteiger partial charge in [-0.3, -0.25) is 4.79 Å². The maximum atomic E-state index is 13.0. The van der Waals surface area contributed by atoms with E-state index in [2.05, 4.69) is 15.9 Å². The zero-order valence-corrected chi connectivity index (χ0v) is 11.5. The fraction of sp³-hybridized carbons (Fsp3) is 0.462. The van der Waals surface area contributed by atoms with Crippen LogP contribution < -0.4 is 0 Å². The Hall–Kier alpha value is -1.04. The second kappa shape index (κ2) is 5.15. The Labute approximate surface area is 116 Å². The Morgan fingerprint density at radius 3 is 2.53 bits per heavy atom. The first-order valence-electron chi connectivity index (χ1n) is 5.88. The molecule has 0 aromatic heterocycles. The molecular weight excluding hydrogens is 325 g/mol. The maximum absolute atomic E-state index is 13.0. The van der Waals surface area contributed by atoms with E-state index in [9.17, 15) is 18.0 Å². The van der Waals surface area contributed by atoms with Crippen LogP contribution in [0.25, 0.3) is 0 Å². The highest BCUT2D eigenvalue weighted by Crippen LogP contribution is 2.49. The summed E-state index contributed by atoms with van der Waals surface area (Å²) in [5.74, 6) is -1.61. The quantitative estimate of drug-likeness (QED) is 0.882. The molecule has 1 aliphatic carbocycles. The third kappa shape index (κ3) is 3.29. The molecule has 6 heteroatoms. The van der Waals surface area contributed by atoms with Crippen LogP contribution in [0.2, 0.25) is 0 Å². The number of alkyl halides is 3. The van der Waals surface area contributed by atoms with Crippen LogP contribution in [0.3, 0.4) is 0 Å². The average molecular weight is 337 g/mol. The van der Waals surface area contributed by atoms with Crippen molar-refractivity contribution < 1.29 is 23.1 Å². The van der Waals surface area contributed by atoms with Crippen molar-refractivity contribution in [3.05, 3.63) is 33.8 Å². The van der Waals surface area contributed by atoms with Crippen LogP contribution in [0.5, 0.6) is 0 Å². The molecule has 2 rings (SSSR count). The molecule has 2 nitrogen and oxygen atoms in total. The van der Waals surface area contributed by atoms with Gasteiger partial charge in [0.2, 0.25) is 0 Å². The summed E-state index contributed by atoms with van der Waals surface area (Å²) in [6.07, 6.45) is -3.16. The molecule has 1 aromatic carbocycles. The van der Waals surface area contributed by atoms with Crippen molar-refractivity contribution in [1.29, 1.82) is 0 Å². The van der Waals surface area contributed by atoms with Gasteiger partial charge in [0.15, 0.2) is 0 Å². The van der Waals surface area contributed by atoms with Crippen LogP contribution in [-0.2, 0) is 11.0 Å². The SMILES string of the molecule is O=C(O)CC(c1c(Br)cccc1C(F)(F)F)C1CC1. The highest BCUT2D eigenvalue weighted by molar-refractivity contribution is 9.10. The zero-order valence-electron chi connectivity index (χ0n) is 9.88. The van der Waals surface area contributed by atoms with Gasteiger partial charge >= 0.3 is 12.1 Å². The van der Waals surface area contributed by atoms with Crippen LogP contribution in [0.4, 0.5) is 13.2 Å². The first kappa shape index (κ1) is 14.4. The van der Waals surface area contributed by atoms with Crippen molar-refractivity contribution in [2.24, 2.45) is 5.92 Å². The number of carboxylic acids is 1. The van der Waals surface area contributed by atoms with E-state index in [1.807, 2.05) is 0 Å². The summed E-state index contributed by atoms with van der Waals surface area (Å²) in [7, 11) is 0. The molecule has 0 radical (unpaired) electrons. The van der Waals surface area contributed by atoms with Gasteiger partial charge in [0.05, 0.1) is 12.0 Å². The topological polar surface area (TPSA) is 37.3 Å². The lowest BCUT2D eigenvalue weighted by atomic mass is 9.87. The minimum atomic E-state index is -4.47. The van der Waals surface area contributed by atoms with E-state index in [0.29, 0.717) is 4.47 Å². The second-order valence-electron chi connectivity index (χ2n) is 4.74. The molecular formula is C13H12BrF3O2. The summed E-state index contributed by atoms with van der Waals surface area (Å²) in [5.41, 5.74) is -0.653. The summed E-state index contributed by atoms with van der Waals surface area (Å²) in [6.45, 7) is 0. The predicted molar refractivity (Wildman–Crippen MR) is 66.9 cm³/mol. The van der Waals surface area contributed by atoms with Gasteiger partial charge in [0.1, 0.15) is 0 Å². The van der Waals surface area contributed by atoms with Gasteiger partial charge in [-0.2, -0.15) is 13.2 Å². The summed E-state index contributed by atoms with van der Waals surface area (Å²) < 4.78 is 39.5. The lowest BCUT2D eigenvalue weighted by Crippen LogP contribution is -2.16. The zero-order chi connectivity index (χ0) is 14.2. The van der Waals surface area contributed by atoms with Crippen LogP contribution in [0.1, 0.15) is 36.3 Å². The molecule has 1 saturated carbocycles. The fourth-order valence-electron chi connectivity index (χ4n) is 2.35.